The minimum atomic E-state index is 0.246. The third kappa shape index (κ3) is 3.21. The summed E-state index contributed by atoms with van der Waals surface area (Å²) >= 11 is 0. The fraction of sp³-hybridized carbons (Fsp3) is 0.471. The maximum atomic E-state index is 12.3. The number of aromatic nitrogens is 2. The Labute approximate surface area is 134 Å². The topological polar surface area (TPSA) is 68.5 Å². The van der Waals surface area contributed by atoms with Crippen molar-refractivity contribution in [1.29, 1.82) is 0 Å². The highest BCUT2D eigenvalue weighted by atomic mass is 16.5. The highest BCUT2D eigenvalue weighted by molar-refractivity contribution is 5.77. The predicted octanol–water partition coefficient (Wildman–Crippen LogP) is 2.33. The molecule has 4 rings (SSSR count). The predicted molar refractivity (Wildman–Crippen MR) is 81.5 cm³/mol. The van der Waals surface area contributed by atoms with Gasteiger partial charge in [0.05, 0.1) is 6.54 Å². The first kappa shape index (κ1) is 14.2. The van der Waals surface area contributed by atoms with Crippen LogP contribution in [0.3, 0.4) is 0 Å². The van der Waals surface area contributed by atoms with E-state index in [0.717, 1.165) is 23.4 Å². The van der Waals surface area contributed by atoms with Crippen molar-refractivity contribution in [2.75, 3.05) is 6.54 Å². The monoisotopic (exact) mass is 313 g/mol. The Bertz CT molecular complexity index is 694. The molecule has 6 heteroatoms. The SMILES string of the molecule is O=C(CC1CC1)N1CCc2onc(COc3ccccn3)c2C1. The molecule has 0 aromatic carbocycles. The number of ether oxygens (including phenoxy) is 1. The van der Waals surface area contributed by atoms with Gasteiger partial charge in [0, 0.05) is 37.2 Å². The van der Waals surface area contributed by atoms with Crippen LogP contribution in [0.5, 0.6) is 5.88 Å². The number of fused-ring (bicyclic) bond motifs is 1. The largest absolute Gasteiger partial charge is 0.471 e. The van der Waals surface area contributed by atoms with Gasteiger partial charge in [0.1, 0.15) is 18.1 Å². The van der Waals surface area contributed by atoms with Crippen molar-refractivity contribution in [3.63, 3.8) is 0 Å². The average molecular weight is 313 g/mol. The normalized spacial score (nSPS) is 17.0. The van der Waals surface area contributed by atoms with Gasteiger partial charge in [-0.1, -0.05) is 11.2 Å². The molecule has 1 fully saturated rings. The summed E-state index contributed by atoms with van der Waals surface area (Å²) in [5.41, 5.74) is 1.76. The Morgan fingerprint density at radius 3 is 3.09 bits per heavy atom. The Morgan fingerprint density at radius 2 is 2.30 bits per heavy atom. The third-order valence-corrected chi connectivity index (χ3v) is 4.42. The first-order valence-electron chi connectivity index (χ1n) is 8.07. The van der Waals surface area contributed by atoms with Gasteiger partial charge in [-0.15, -0.1) is 0 Å². The minimum absolute atomic E-state index is 0.246. The van der Waals surface area contributed by atoms with E-state index in [1.165, 1.54) is 12.8 Å². The van der Waals surface area contributed by atoms with Crippen LogP contribution >= 0.6 is 0 Å². The van der Waals surface area contributed by atoms with Gasteiger partial charge in [0.2, 0.25) is 11.8 Å². The lowest BCUT2D eigenvalue weighted by Crippen LogP contribution is -2.36. The van der Waals surface area contributed by atoms with Crippen LogP contribution in [0.15, 0.2) is 28.9 Å². The molecule has 1 aliphatic heterocycles. The number of hydrogen-bond acceptors (Lipinski definition) is 5. The molecule has 0 saturated heterocycles. The zero-order valence-electron chi connectivity index (χ0n) is 12.9. The van der Waals surface area contributed by atoms with E-state index < -0.39 is 0 Å². The Balaban J connectivity index is 1.42. The molecule has 23 heavy (non-hydrogen) atoms. The van der Waals surface area contributed by atoms with E-state index in [2.05, 4.69) is 10.1 Å². The second-order valence-corrected chi connectivity index (χ2v) is 6.20. The van der Waals surface area contributed by atoms with Crippen LogP contribution in [0.2, 0.25) is 0 Å². The molecule has 1 amide bonds. The highest BCUT2D eigenvalue weighted by Gasteiger charge is 2.31. The summed E-state index contributed by atoms with van der Waals surface area (Å²) < 4.78 is 11.1. The fourth-order valence-corrected chi connectivity index (χ4v) is 2.86. The molecule has 3 heterocycles. The van der Waals surface area contributed by atoms with Crippen molar-refractivity contribution in [2.24, 2.45) is 5.92 Å². The standard InChI is InChI=1S/C17H19N3O3/c21-17(9-12-4-5-12)20-8-6-15-13(10-20)14(19-23-15)11-22-16-3-1-2-7-18-16/h1-3,7,12H,4-6,8-11H2. The molecule has 2 aromatic rings. The molecular weight excluding hydrogens is 294 g/mol. The number of carbonyl (C=O) groups excluding carboxylic acids is 1. The molecule has 2 aliphatic rings. The lowest BCUT2D eigenvalue weighted by molar-refractivity contribution is -0.132. The number of carbonyl (C=O) groups is 1. The van der Waals surface area contributed by atoms with Crippen molar-refractivity contribution in [1.82, 2.24) is 15.0 Å². The van der Waals surface area contributed by atoms with Gasteiger partial charge < -0.3 is 14.2 Å². The second-order valence-electron chi connectivity index (χ2n) is 6.20. The first-order valence-corrected chi connectivity index (χ1v) is 8.07. The van der Waals surface area contributed by atoms with E-state index in [0.29, 0.717) is 37.9 Å². The maximum absolute atomic E-state index is 12.3. The molecule has 0 spiro atoms. The Kier molecular flexibility index (Phi) is 3.73. The lowest BCUT2D eigenvalue weighted by Gasteiger charge is -2.26. The molecule has 0 bridgehead atoms. The summed E-state index contributed by atoms with van der Waals surface area (Å²) in [5, 5.41) is 4.11. The van der Waals surface area contributed by atoms with Crippen molar-refractivity contribution >= 4 is 5.91 Å². The van der Waals surface area contributed by atoms with Gasteiger partial charge in [0.15, 0.2) is 0 Å². The summed E-state index contributed by atoms with van der Waals surface area (Å²) in [6, 6.07) is 5.52. The number of nitrogens with zero attached hydrogens (tertiary/aromatic N) is 3. The zero-order valence-corrected chi connectivity index (χ0v) is 12.9. The number of hydrogen-bond donors (Lipinski definition) is 0. The van der Waals surface area contributed by atoms with Crippen molar-refractivity contribution in [3.05, 3.63) is 41.4 Å². The van der Waals surface area contributed by atoms with Gasteiger partial charge in [-0.25, -0.2) is 4.98 Å². The van der Waals surface area contributed by atoms with E-state index in [9.17, 15) is 4.79 Å². The van der Waals surface area contributed by atoms with Crippen LogP contribution in [0.4, 0.5) is 0 Å². The van der Waals surface area contributed by atoms with Gasteiger partial charge in [-0.3, -0.25) is 4.79 Å². The zero-order chi connectivity index (χ0) is 15.6. The van der Waals surface area contributed by atoms with Crippen molar-refractivity contribution in [3.8, 4) is 5.88 Å². The highest BCUT2D eigenvalue weighted by Crippen LogP contribution is 2.33. The summed E-state index contributed by atoms with van der Waals surface area (Å²) in [6.07, 6.45) is 5.48. The number of pyridine rings is 1. The fourth-order valence-electron chi connectivity index (χ4n) is 2.86. The summed E-state index contributed by atoms with van der Waals surface area (Å²) in [7, 11) is 0. The molecule has 6 nitrogen and oxygen atoms in total. The van der Waals surface area contributed by atoms with Crippen LogP contribution < -0.4 is 4.74 Å². The molecule has 0 N–H and O–H groups in total. The molecule has 120 valence electrons. The molecule has 0 radical (unpaired) electrons. The van der Waals surface area contributed by atoms with Crippen LogP contribution in [0, 0.1) is 5.92 Å². The minimum Gasteiger partial charge on any atom is -0.471 e. The van der Waals surface area contributed by atoms with Crippen LogP contribution in [-0.4, -0.2) is 27.5 Å². The van der Waals surface area contributed by atoms with E-state index in [1.807, 2.05) is 17.0 Å². The molecule has 0 unspecified atom stereocenters. The quantitative estimate of drug-likeness (QED) is 0.847. The van der Waals surface area contributed by atoms with E-state index in [4.69, 9.17) is 9.26 Å². The van der Waals surface area contributed by atoms with Crippen LogP contribution in [0.25, 0.3) is 0 Å². The van der Waals surface area contributed by atoms with Gasteiger partial charge in [-0.05, 0) is 24.8 Å². The molecular formula is C17H19N3O3. The number of amides is 1. The lowest BCUT2D eigenvalue weighted by atomic mass is 10.1. The van der Waals surface area contributed by atoms with E-state index in [1.54, 1.807) is 12.3 Å². The third-order valence-electron chi connectivity index (χ3n) is 4.42. The van der Waals surface area contributed by atoms with Crippen molar-refractivity contribution < 1.29 is 14.1 Å². The summed E-state index contributed by atoms with van der Waals surface area (Å²) in [5.74, 6) is 2.29. The smallest absolute Gasteiger partial charge is 0.223 e. The van der Waals surface area contributed by atoms with Gasteiger partial charge >= 0.3 is 0 Å². The summed E-state index contributed by atoms with van der Waals surface area (Å²) in [6.45, 7) is 1.60. The molecule has 2 aromatic heterocycles. The van der Waals surface area contributed by atoms with Crippen LogP contribution in [-0.2, 0) is 24.4 Å². The van der Waals surface area contributed by atoms with Crippen LogP contribution in [0.1, 0.15) is 36.3 Å². The van der Waals surface area contributed by atoms with E-state index in [-0.39, 0.29) is 5.91 Å². The number of rotatable bonds is 5. The molecule has 1 aliphatic carbocycles. The summed E-state index contributed by atoms with van der Waals surface area (Å²) in [4.78, 5) is 18.4. The Morgan fingerprint density at radius 1 is 1.39 bits per heavy atom. The van der Waals surface area contributed by atoms with E-state index >= 15 is 0 Å². The average Bonchev–Trinajstić information content (AvgIpc) is 3.31. The van der Waals surface area contributed by atoms with Gasteiger partial charge in [0.25, 0.3) is 0 Å². The second kappa shape index (κ2) is 6.02. The van der Waals surface area contributed by atoms with Crippen molar-refractivity contribution in [2.45, 2.75) is 38.8 Å². The first-order chi connectivity index (χ1) is 11.3. The van der Waals surface area contributed by atoms with Gasteiger partial charge in [-0.2, -0.15) is 0 Å². The Hall–Kier alpha value is -2.37. The maximum Gasteiger partial charge on any atom is 0.223 e. The molecule has 1 saturated carbocycles. The molecule has 0 atom stereocenters.